The Labute approximate surface area is 338 Å². The molecule has 10 aromatic carbocycles. The maximum atomic E-state index is 2.40. The van der Waals surface area contributed by atoms with Crippen molar-refractivity contribution in [1.29, 1.82) is 0 Å². The van der Waals surface area contributed by atoms with E-state index in [2.05, 4.69) is 240 Å². The predicted octanol–water partition coefficient (Wildman–Crippen LogP) is 15.6. The van der Waals surface area contributed by atoms with Crippen LogP contribution in [-0.2, 0) is 0 Å². The van der Waals surface area contributed by atoms with Crippen LogP contribution in [0.2, 0.25) is 0 Å². The highest BCUT2D eigenvalue weighted by Gasteiger charge is 2.19. The van der Waals surface area contributed by atoms with Gasteiger partial charge in [-0.1, -0.05) is 164 Å². The molecule has 0 aliphatic carbocycles. The summed E-state index contributed by atoms with van der Waals surface area (Å²) in [5.41, 5.74) is 14.0. The summed E-state index contributed by atoms with van der Waals surface area (Å²) in [6.45, 7) is 0. The second kappa shape index (κ2) is 14.1. The molecule has 0 bridgehead atoms. The van der Waals surface area contributed by atoms with Crippen LogP contribution in [-0.4, -0.2) is 4.57 Å². The van der Waals surface area contributed by atoms with E-state index in [9.17, 15) is 0 Å². The summed E-state index contributed by atoms with van der Waals surface area (Å²) in [6.07, 6.45) is 0. The second-order valence-electron chi connectivity index (χ2n) is 15.0. The van der Waals surface area contributed by atoms with Crippen LogP contribution in [0.15, 0.2) is 231 Å². The first-order valence-electron chi connectivity index (χ1n) is 19.9. The van der Waals surface area contributed by atoms with E-state index in [0.29, 0.717) is 0 Å². The smallest absolute Gasteiger partial charge is 0.0547 e. The minimum absolute atomic E-state index is 1.09. The summed E-state index contributed by atoms with van der Waals surface area (Å²) in [5.74, 6) is 0. The lowest BCUT2D eigenvalue weighted by atomic mass is 9.97. The molecule has 0 fully saturated rings. The van der Waals surface area contributed by atoms with Crippen LogP contribution in [0.1, 0.15) is 0 Å². The van der Waals surface area contributed by atoms with Crippen molar-refractivity contribution in [1.82, 2.24) is 4.57 Å². The van der Waals surface area contributed by atoms with Gasteiger partial charge in [-0.15, -0.1) is 0 Å². The number of fused-ring (bicyclic) bond motifs is 5. The highest BCUT2D eigenvalue weighted by Crippen LogP contribution is 2.43. The molecule has 0 saturated carbocycles. The van der Waals surface area contributed by atoms with Crippen LogP contribution in [0.3, 0.4) is 0 Å². The number of benzene rings is 10. The Kier molecular flexibility index (Phi) is 8.19. The minimum Gasteiger partial charge on any atom is -0.310 e. The van der Waals surface area contributed by atoms with Gasteiger partial charge in [-0.2, -0.15) is 0 Å². The molecule has 0 atom stereocenters. The first-order chi connectivity index (χ1) is 28.8. The molecule has 0 N–H and O–H groups in total. The van der Waals surface area contributed by atoms with Crippen molar-refractivity contribution in [3.63, 3.8) is 0 Å². The number of aromatic nitrogens is 1. The van der Waals surface area contributed by atoms with Gasteiger partial charge in [-0.05, 0) is 122 Å². The van der Waals surface area contributed by atoms with Crippen molar-refractivity contribution < 1.29 is 0 Å². The third kappa shape index (κ3) is 5.82. The van der Waals surface area contributed by atoms with Gasteiger partial charge < -0.3 is 9.47 Å². The van der Waals surface area contributed by atoms with Crippen LogP contribution in [0.25, 0.3) is 82.4 Å². The molecule has 11 aromatic rings. The average molecular weight is 739 g/mol. The zero-order valence-electron chi connectivity index (χ0n) is 31.8. The lowest BCUT2D eigenvalue weighted by Gasteiger charge is -2.27. The van der Waals surface area contributed by atoms with Crippen molar-refractivity contribution in [3.8, 4) is 39.1 Å². The summed E-state index contributed by atoms with van der Waals surface area (Å²) in [5, 5.41) is 7.48. The van der Waals surface area contributed by atoms with Gasteiger partial charge in [0.2, 0.25) is 0 Å². The average Bonchev–Trinajstić information content (AvgIpc) is 3.64. The fourth-order valence-corrected chi connectivity index (χ4v) is 8.84. The van der Waals surface area contributed by atoms with Crippen molar-refractivity contribution in [2.75, 3.05) is 4.90 Å². The summed E-state index contributed by atoms with van der Waals surface area (Å²) in [4.78, 5) is 2.40. The normalized spacial score (nSPS) is 11.4. The van der Waals surface area contributed by atoms with Crippen LogP contribution in [0.4, 0.5) is 17.1 Å². The number of hydrogen-bond donors (Lipinski definition) is 0. The third-order valence-corrected chi connectivity index (χ3v) is 11.5. The zero-order chi connectivity index (χ0) is 38.4. The maximum absolute atomic E-state index is 2.40. The van der Waals surface area contributed by atoms with Gasteiger partial charge in [-0.3, -0.25) is 0 Å². The quantitative estimate of drug-likeness (QED) is 0.158. The Balaban J connectivity index is 1.08. The number of anilines is 3. The van der Waals surface area contributed by atoms with Gasteiger partial charge in [-0.25, -0.2) is 0 Å². The van der Waals surface area contributed by atoms with Crippen molar-refractivity contribution in [3.05, 3.63) is 231 Å². The number of para-hydroxylation sites is 2. The van der Waals surface area contributed by atoms with Crippen LogP contribution in [0.5, 0.6) is 0 Å². The Morgan fingerprint density at radius 3 is 1.66 bits per heavy atom. The summed E-state index contributed by atoms with van der Waals surface area (Å²) < 4.78 is 2.39. The molecule has 0 radical (unpaired) electrons. The number of nitrogens with zero attached hydrogens (tertiary/aromatic N) is 2. The topological polar surface area (TPSA) is 8.17 Å². The van der Waals surface area contributed by atoms with E-state index >= 15 is 0 Å². The summed E-state index contributed by atoms with van der Waals surface area (Å²) in [7, 11) is 0. The molecule has 0 saturated heterocycles. The standard InChI is InChI=1S/C56H38N2/c1-2-20-46(21-3-1)58-54-28-9-8-25-53(54)56-52(27-13-29-55(56)58)45-19-11-23-49(38-45)57(47-34-32-40(33-35-47)43-31-30-39-14-4-5-16-42(39)36-43)48-22-10-18-44(37-48)51-26-12-17-41-15-6-7-24-50(41)51/h1-38H. The van der Waals surface area contributed by atoms with E-state index in [-0.39, 0.29) is 0 Å². The van der Waals surface area contributed by atoms with Gasteiger partial charge in [0.1, 0.15) is 0 Å². The van der Waals surface area contributed by atoms with E-state index in [1.165, 1.54) is 76.7 Å². The van der Waals surface area contributed by atoms with Crippen molar-refractivity contribution in [2.45, 2.75) is 0 Å². The Morgan fingerprint density at radius 2 is 0.862 bits per heavy atom. The SMILES string of the molecule is c1ccc(-n2c3ccccc3c3c(-c4cccc(N(c5ccc(-c6ccc7ccccc7c6)cc5)c5cccc(-c6cccc7ccccc67)c5)c4)cccc32)cc1. The number of hydrogen-bond acceptors (Lipinski definition) is 1. The molecule has 1 heterocycles. The van der Waals surface area contributed by atoms with Crippen molar-refractivity contribution >= 4 is 60.4 Å². The lowest BCUT2D eigenvalue weighted by Crippen LogP contribution is -2.10. The Hall–Kier alpha value is -7.68. The summed E-state index contributed by atoms with van der Waals surface area (Å²) in [6, 6.07) is 83.7. The zero-order valence-corrected chi connectivity index (χ0v) is 31.8. The molecule has 2 heteroatoms. The molecule has 0 amide bonds. The number of rotatable bonds is 7. The van der Waals surface area contributed by atoms with Gasteiger partial charge in [0.15, 0.2) is 0 Å². The molecule has 0 aliphatic heterocycles. The second-order valence-corrected chi connectivity index (χ2v) is 15.0. The fourth-order valence-electron chi connectivity index (χ4n) is 8.84. The third-order valence-electron chi connectivity index (χ3n) is 11.5. The monoisotopic (exact) mass is 738 g/mol. The van der Waals surface area contributed by atoms with Crippen LogP contribution >= 0.6 is 0 Å². The van der Waals surface area contributed by atoms with E-state index in [1.54, 1.807) is 0 Å². The molecule has 11 rings (SSSR count). The highest BCUT2D eigenvalue weighted by molar-refractivity contribution is 6.16. The molecule has 1 aromatic heterocycles. The first kappa shape index (κ1) is 33.6. The molecule has 0 unspecified atom stereocenters. The first-order valence-corrected chi connectivity index (χ1v) is 19.9. The molecule has 0 spiro atoms. The largest absolute Gasteiger partial charge is 0.310 e. The molecule has 58 heavy (non-hydrogen) atoms. The summed E-state index contributed by atoms with van der Waals surface area (Å²) >= 11 is 0. The van der Waals surface area contributed by atoms with E-state index in [1.807, 2.05) is 0 Å². The van der Waals surface area contributed by atoms with E-state index in [0.717, 1.165) is 22.7 Å². The molecular formula is C56H38N2. The van der Waals surface area contributed by atoms with Crippen LogP contribution < -0.4 is 4.90 Å². The molecular weight excluding hydrogens is 701 g/mol. The van der Waals surface area contributed by atoms with Gasteiger partial charge in [0.25, 0.3) is 0 Å². The van der Waals surface area contributed by atoms with Crippen molar-refractivity contribution in [2.24, 2.45) is 0 Å². The highest BCUT2D eigenvalue weighted by atomic mass is 15.1. The Morgan fingerprint density at radius 1 is 0.293 bits per heavy atom. The minimum atomic E-state index is 1.09. The van der Waals surface area contributed by atoms with E-state index in [4.69, 9.17) is 0 Å². The lowest BCUT2D eigenvalue weighted by molar-refractivity contribution is 1.18. The maximum Gasteiger partial charge on any atom is 0.0547 e. The molecule has 0 aliphatic rings. The molecule has 272 valence electrons. The fraction of sp³-hybridized carbons (Fsp3) is 0. The molecule has 2 nitrogen and oxygen atoms in total. The van der Waals surface area contributed by atoms with Gasteiger partial charge in [0.05, 0.1) is 11.0 Å². The predicted molar refractivity (Wildman–Crippen MR) is 247 cm³/mol. The van der Waals surface area contributed by atoms with Gasteiger partial charge in [0, 0.05) is 33.5 Å². The van der Waals surface area contributed by atoms with Gasteiger partial charge >= 0.3 is 0 Å². The van der Waals surface area contributed by atoms with E-state index < -0.39 is 0 Å². The van der Waals surface area contributed by atoms with Crippen LogP contribution in [0, 0.1) is 0 Å². The Bertz CT molecular complexity index is 3280.